The van der Waals surface area contributed by atoms with E-state index in [4.69, 9.17) is 0 Å². The molecule has 0 fully saturated rings. The third-order valence-electron chi connectivity index (χ3n) is 8.68. The predicted molar refractivity (Wildman–Crippen MR) is 212 cm³/mol. The molecule has 0 heterocycles. The van der Waals surface area contributed by atoms with Crippen molar-refractivity contribution < 1.29 is 40.8 Å². The van der Waals surface area contributed by atoms with Gasteiger partial charge in [-0.2, -0.15) is 0 Å². The summed E-state index contributed by atoms with van der Waals surface area (Å²) in [6, 6.07) is 0. The van der Waals surface area contributed by atoms with Gasteiger partial charge in [-0.05, 0) is 0 Å². The van der Waals surface area contributed by atoms with Gasteiger partial charge < -0.3 is 10.6 Å². The van der Waals surface area contributed by atoms with Crippen LogP contribution in [-0.4, -0.2) is 26.2 Å². The average Bonchev–Trinajstić information content (AvgIpc) is 3.00. The van der Waals surface area contributed by atoms with Crippen LogP contribution in [0.3, 0.4) is 0 Å². The Balaban J connectivity index is -0.000000348. The monoisotopic (exact) mass is 862 g/mol. The number of nitrogens with zero attached hydrogens (tertiary/aromatic N) is 2. The van der Waals surface area contributed by atoms with Crippen LogP contribution in [0, 0.1) is 40.8 Å². The van der Waals surface area contributed by atoms with Gasteiger partial charge >= 0.3 is 0 Å². The van der Waals surface area contributed by atoms with Crippen molar-refractivity contribution in [1.29, 1.82) is 0 Å². The van der Waals surface area contributed by atoms with Gasteiger partial charge in [-0.25, -0.2) is 0 Å². The van der Waals surface area contributed by atoms with Crippen molar-refractivity contribution in [3.05, 3.63) is 10.6 Å². The summed E-state index contributed by atoms with van der Waals surface area (Å²) in [5.74, 6) is 0. The standard InChI is InChI=1S/2C20H42N.HI.Nd/c2*1-3-5-7-9-11-13-15-17-19-21-20-18-16-14-12-10-8-6-4-2;;/h2*3-20H2,1-2H3;1H;/q2*-1;;. The second kappa shape index (κ2) is 54.5. The topological polar surface area (TPSA) is 28.2 Å². The molecule has 0 radical (unpaired) electrons. The Labute approximate surface area is 331 Å². The summed E-state index contributed by atoms with van der Waals surface area (Å²) >= 11 is 0. The summed E-state index contributed by atoms with van der Waals surface area (Å²) < 4.78 is 0. The molecule has 0 aromatic rings. The molecule has 0 aromatic heterocycles. The number of rotatable bonds is 36. The van der Waals surface area contributed by atoms with Crippen molar-refractivity contribution in [3.8, 4) is 0 Å². The van der Waals surface area contributed by atoms with E-state index in [-0.39, 0.29) is 64.8 Å². The Morgan fingerprint density at radius 2 is 0.364 bits per heavy atom. The molecule has 0 N–H and O–H groups in total. The fourth-order valence-electron chi connectivity index (χ4n) is 5.65. The molecule has 0 aromatic carbocycles. The third-order valence-corrected chi connectivity index (χ3v) is 8.68. The van der Waals surface area contributed by atoms with Crippen molar-refractivity contribution in [2.24, 2.45) is 0 Å². The molecular weight excluding hydrogens is 780 g/mol. The first kappa shape index (κ1) is 52.8. The molecule has 0 unspecified atom stereocenters. The number of unbranched alkanes of at least 4 members (excludes halogenated alkanes) is 28. The molecule has 0 amide bonds. The predicted octanol–water partition coefficient (Wildman–Crippen LogP) is 15.9. The van der Waals surface area contributed by atoms with Crippen LogP contribution in [0.4, 0.5) is 0 Å². The number of halogens is 1. The van der Waals surface area contributed by atoms with E-state index in [1.807, 2.05) is 0 Å². The number of hydrogen-bond donors (Lipinski definition) is 0. The summed E-state index contributed by atoms with van der Waals surface area (Å²) in [7, 11) is 0. The Bertz CT molecular complexity index is 350. The molecule has 4 heteroatoms. The summed E-state index contributed by atoms with van der Waals surface area (Å²) in [5.41, 5.74) is 0. The summed E-state index contributed by atoms with van der Waals surface area (Å²) in [4.78, 5) is 0. The van der Waals surface area contributed by atoms with Gasteiger partial charge in [0.1, 0.15) is 0 Å². The molecule has 2 nitrogen and oxygen atoms in total. The van der Waals surface area contributed by atoms with Crippen molar-refractivity contribution in [2.45, 2.75) is 233 Å². The molecule has 0 aliphatic heterocycles. The first-order valence-electron chi connectivity index (χ1n) is 20.1. The maximum Gasteiger partial charge on any atom is 0 e. The van der Waals surface area contributed by atoms with Gasteiger partial charge in [-0.15, -0.1) is 50.2 Å². The minimum atomic E-state index is 0. The van der Waals surface area contributed by atoms with Gasteiger partial charge in [-0.1, -0.05) is 233 Å². The largest absolute Gasteiger partial charge is 0.662 e. The van der Waals surface area contributed by atoms with E-state index in [0.717, 1.165) is 26.2 Å². The van der Waals surface area contributed by atoms with E-state index in [2.05, 4.69) is 38.3 Å². The van der Waals surface area contributed by atoms with Crippen LogP contribution in [0.2, 0.25) is 0 Å². The maximum atomic E-state index is 4.67. The van der Waals surface area contributed by atoms with Gasteiger partial charge in [-0.3, -0.25) is 0 Å². The first-order chi connectivity index (χ1) is 20.8. The summed E-state index contributed by atoms with van der Waals surface area (Å²) in [5, 5.41) is 9.33. The smallest absolute Gasteiger partial charge is 0 e. The molecular formula is C40H85IN2Nd-2. The second-order valence-corrected chi connectivity index (χ2v) is 13.2. The number of hydrogen-bond acceptors (Lipinski definition) is 0. The van der Waals surface area contributed by atoms with Crippen LogP contribution < -0.4 is 0 Å². The van der Waals surface area contributed by atoms with Crippen LogP contribution in [0.15, 0.2) is 0 Å². The zero-order chi connectivity index (χ0) is 30.9. The van der Waals surface area contributed by atoms with Gasteiger partial charge in [0, 0.05) is 40.8 Å². The van der Waals surface area contributed by atoms with Gasteiger partial charge in [0.25, 0.3) is 0 Å². The van der Waals surface area contributed by atoms with Crippen LogP contribution in [0.1, 0.15) is 233 Å². The van der Waals surface area contributed by atoms with Crippen LogP contribution in [0.25, 0.3) is 10.6 Å². The van der Waals surface area contributed by atoms with E-state index in [1.165, 1.54) is 205 Å². The fourth-order valence-corrected chi connectivity index (χ4v) is 5.65. The minimum Gasteiger partial charge on any atom is -0.662 e. The molecule has 0 spiro atoms. The molecule has 0 atom stereocenters. The Morgan fingerprint density at radius 3 is 0.523 bits per heavy atom. The van der Waals surface area contributed by atoms with Crippen molar-refractivity contribution in [2.75, 3.05) is 26.2 Å². The zero-order valence-electron chi connectivity index (χ0n) is 31.3. The zero-order valence-corrected chi connectivity index (χ0v) is 36.8. The SMILES string of the molecule is CCCCCCCCCC[N-]CCCCCCCCCC.CCCCCCCCCC[N-]CCCCCCCCCC.I.[Nd]. The molecule has 0 rings (SSSR count). The normalized spacial score (nSPS) is 10.6. The Morgan fingerprint density at radius 1 is 0.227 bits per heavy atom. The van der Waals surface area contributed by atoms with Crippen LogP contribution in [0.5, 0.6) is 0 Å². The summed E-state index contributed by atoms with van der Waals surface area (Å²) in [6.45, 7) is 13.6. The molecule has 0 bridgehead atoms. The molecule has 268 valence electrons. The molecule has 0 aliphatic carbocycles. The minimum absolute atomic E-state index is 0. The van der Waals surface area contributed by atoms with Crippen molar-refractivity contribution in [1.82, 2.24) is 0 Å². The van der Waals surface area contributed by atoms with Gasteiger partial charge in [0.15, 0.2) is 0 Å². The van der Waals surface area contributed by atoms with E-state index in [0.29, 0.717) is 0 Å². The first-order valence-corrected chi connectivity index (χ1v) is 20.1. The van der Waals surface area contributed by atoms with Gasteiger partial charge in [0.05, 0.1) is 0 Å². The van der Waals surface area contributed by atoms with E-state index in [1.54, 1.807) is 0 Å². The fraction of sp³-hybridized carbons (Fsp3) is 1.00. The van der Waals surface area contributed by atoms with E-state index >= 15 is 0 Å². The molecule has 44 heavy (non-hydrogen) atoms. The Hall–Kier alpha value is 2.00. The van der Waals surface area contributed by atoms with Crippen LogP contribution in [-0.2, 0) is 0 Å². The molecule has 0 saturated heterocycles. The average molecular weight is 865 g/mol. The van der Waals surface area contributed by atoms with Crippen LogP contribution >= 0.6 is 24.0 Å². The van der Waals surface area contributed by atoms with Crippen molar-refractivity contribution >= 4 is 24.0 Å². The molecule has 0 saturated carbocycles. The second-order valence-electron chi connectivity index (χ2n) is 13.2. The molecule has 0 aliphatic rings. The Kier molecular flexibility index (Phi) is 65.3. The quantitative estimate of drug-likeness (QED) is 0.0443. The van der Waals surface area contributed by atoms with E-state index in [9.17, 15) is 0 Å². The maximum absolute atomic E-state index is 4.67. The summed E-state index contributed by atoms with van der Waals surface area (Å²) in [6.07, 6.45) is 45.1. The van der Waals surface area contributed by atoms with E-state index < -0.39 is 0 Å². The van der Waals surface area contributed by atoms with Crippen molar-refractivity contribution in [3.63, 3.8) is 0 Å². The van der Waals surface area contributed by atoms with Gasteiger partial charge in [0.2, 0.25) is 0 Å². The third kappa shape index (κ3) is 56.3.